The lowest BCUT2D eigenvalue weighted by molar-refractivity contribution is 0.101. The van der Waals surface area contributed by atoms with Crippen LogP contribution in [0.2, 0.25) is 0 Å². The number of pyridine rings is 1. The Morgan fingerprint density at radius 2 is 1.67 bits per heavy atom. The third-order valence-corrected chi connectivity index (χ3v) is 4.84. The predicted molar refractivity (Wildman–Crippen MR) is 108 cm³/mol. The van der Waals surface area contributed by atoms with Gasteiger partial charge in [-0.05, 0) is 41.8 Å². The summed E-state index contributed by atoms with van der Waals surface area (Å²) in [4.78, 5) is 29.7. The van der Waals surface area contributed by atoms with Crippen LogP contribution in [-0.4, -0.2) is 16.8 Å². The van der Waals surface area contributed by atoms with Gasteiger partial charge in [-0.15, -0.1) is 11.3 Å². The molecule has 4 aromatic rings. The van der Waals surface area contributed by atoms with Gasteiger partial charge in [0, 0.05) is 16.6 Å². The minimum absolute atomic E-state index is 0.193. The van der Waals surface area contributed by atoms with Gasteiger partial charge in [-0.3, -0.25) is 14.6 Å². The first-order chi connectivity index (χ1) is 13.2. The first kappa shape index (κ1) is 16.9. The Morgan fingerprint density at radius 1 is 0.815 bits per heavy atom. The SMILES string of the molecule is O=C(Nc1cnc2ccccc2c1)c1cccc(NC(=O)c2cccs2)c1. The van der Waals surface area contributed by atoms with Crippen LogP contribution >= 0.6 is 11.3 Å². The average molecular weight is 373 g/mol. The van der Waals surface area contributed by atoms with Crippen LogP contribution in [0.5, 0.6) is 0 Å². The molecule has 4 rings (SSSR count). The molecule has 0 unspecified atom stereocenters. The van der Waals surface area contributed by atoms with Crippen molar-refractivity contribution < 1.29 is 9.59 Å². The minimum atomic E-state index is -0.265. The lowest BCUT2D eigenvalue weighted by Crippen LogP contribution is -2.14. The van der Waals surface area contributed by atoms with Crippen LogP contribution < -0.4 is 10.6 Å². The van der Waals surface area contributed by atoms with E-state index in [1.165, 1.54) is 11.3 Å². The molecule has 0 radical (unpaired) electrons. The normalized spacial score (nSPS) is 10.5. The largest absolute Gasteiger partial charge is 0.321 e. The topological polar surface area (TPSA) is 71.1 Å². The molecule has 0 spiro atoms. The zero-order chi connectivity index (χ0) is 18.6. The van der Waals surface area contributed by atoms with E-state index in [-0.39, 0.29) is 11.8 Å². The number of nitrogens with one attached hydrogen (secondary N) is 2. The van der Waals surface area contributed by atoms with E-state index in [9.17, 15) is 9.59 Å². The summed E-state index contributed by atoms with van der Waals surface area (Å²) in [6.07, 6.45) is 1.63. The molecule has 2 amide bonds. The Hall–Kier alpha value is -3.51. The van der Waals surface area contributed by atoms with Crippen molar-refractivity contribution in [3.63, 3.8) is 0 Å². The second-order valence-corrected chi connectivity index (χ2v) is 6.83. The summed E-state index contributed by atoms with van der Waals surface area (Å²) in [5.74, 6) is -0.458. The Kier molecular flexibility index (Phi) is 4.63. The minimum Gasteiger partial charge on any atom is -0.321 e. The highest BCUT2D eigenvalue weighted by Crippen LogP contribution is 2.18. The zero-order valence-electron chi connectivity index (χ0n) is 14.2. The third-order valence-electron chi connectivity index (χ3n) is 3.98. The van der Waals surface area contributed by atoms with Crippen molar-refractivity contribution in [2.24, 2.45) is 0 Å². The molecule has 5 nitrogen and oxygen atoms in total. The number of aromatic nitrogens is 1. The number of rotatable bonds is 4. The average Bonchev–Trinajstić information content (AvgIpc) is 3.23. The van der Waals surface area contributed by atoms with Gasteiger partial charge in [-0.1, -0.05) is 30.3 Å². The molecule has 6 heteroatoms. The molecule has 132 valence electrons. The van der Waals surface area contributed by atoms with Crippen LogP contribution in [0.1, 0.15) is 20.0 Å². The van der Waals surface area contributed by atoms with Crippen LogP contribution in [0.25, 0.3) is 10.9 Å². The van der Waals surface area contributed by atoms with Crippen LogP contribution in [-0.2, 0) is 0 Å². The standard InChI is InChI=1S/C21H15N3O2S/c25-20(24-17-11-14-5-1-2-8-18(14)22-13-17)15-6-3-7-16(12-15)23-21(26)19-9-4-10-27-19/h1-13H,(H,23,26)(H,24,25). The van der Waals surface area contributed by atoms with E-state index in [2.05, 4.69) is 15.6 Å². The van der Waals surface area contributed by atoms with Gasteiger partial charge in [0.15, 0.2) is 0 Å². The number of hydrogen-bond acceptors (Lipinski definition) is 4. The molecule has 0 atom stereocenters. The van der Waals surface area contributed by atoms with Crippen molar-refractivity contribution >= 4 is 45.4 Å². The Labute approximate surface area is 159 Å². The molecule has 27 heavy (non-hydrogen) atoms. The molecular formula is C21H15N3O2S. The van der Waals surface area contributed by atoms with Crippen LogP contribution in [0, 0.1) is 0 Å². The number of para-hydroxylation sites is 1. The number of carbonyl (C=O) groups excluding carboxylic acids is 2. The summed E-state index contributed by atoms with van der Waals surface area (Å²) in [6, 6.07) is 20.0. The summed E-state index contributed by atoms with van der Waals surface area (Å²) in [5, 5.41) is 8.45. The third kappa shape index (κ3) is 3.86. The van der Waals surface area contributed by atoms with E-state index in [0.717, 1.165) is 10.9 Å². The van der Waals surface area contributed by atoms with Gasteiger partial charge in [0.05, 0.1) is 22.3 Å². The molecule has 2 heterocycles. The second-order valence-electron chi connectivity index (χ2n) is 5.88. The first-order valence-corrected chi connectivity index (χ1v) is 9.18. The van der Waals surface area contributed by atoms with E-state index >= 15 is 0 Å². The Bertz CT molecular complexity index is 1120. The number of thiophene rings is 1. The van der Waals surface area contributed by atoms with Gasteiger partial charge in [0.1, 0.15) is 0 Å². The molecule has 2 aromatic carbocycles. The lowest BCUT2D eigenvalue weighted by Gasteiger charge is -2.08. The van der Waals surface area contributed by atoms with Crippen LogP contribution in [0.3, 0.4) is 0 Å². The Morgan fingerprint density at radius 3 is 2.52 bits per heavy atom. The van der Waals surface area contributed by atoms with Crippen LogP contribution in [0.4, 0.5) is 11.4 Å². The van der Waals surface area contributed by atoms with Crippen molar-refractivity contribution in [1.29, 1.82) is 0 Å². The molecule has 2 aromatic heterocycles. The maximum absolute atomic E-state index is 12.6. The second kappa shape index (κ2) is 7.39. The lowest BCUT2D eigenvalue weighted by atomic mass is 10.1. The number of carbonyl (C=O) groups is 2. The van der Waals surface area contributed by atoms with Crippen LogP contribution in [0.15, 0.2) is 78.3 Å². The van der Waals surface area contributed by atoms with Gasteiger partial charge >= 0.3 is 0 Å². The molecular weight excluding hydrogens is 358 g/mol. The van der Waals surface area contributed by atoms with Crippen molar-refractivity contribution in [3.8, 4) is 0 Å². The smallest absolute Gasteiger partial charge is 0.265 e. The number of benzene rings is 2. The van der Waals surface area contributed by atoms with Gasteiger partial charge < -0.3 is 10.6 Å². The van der Waals surface area contributed by atoms with Crippen molar-refractivity contribution in [2.75, 3.05) is 10.6 Å². The maximum Gasteiger partial charge on any atom is 0.265 e. The number of nitrogens with zero attached hydrogens (tertiary/aromatic N) is 1. The summed E-state index contributed by atoms with van der Waals surface area (Å²) < 4.78 is 0. The van der Waals surface area contributed by atoms with E-state index in [1.807, 2.05) is 41.8 Å². The monoisotopic (exact) mass is 373 g/mol. The van der Waals surface area contributed by atoms with E-state index < -0.39 is 0 Å². The molecule has 0 fully saturated rings. The van der Waals surface area contributed by atoms with Gasteiger partial charge in [-0.2, -0.15) is 0 Å². The summed E-state index contributed by atoms with van der Waals surface area (Å²) in [5.41, 5.74) is 2.50. The highest BCUT2D eigenvalue weighted by molar-refractivity contribution is 7.12. The molecule has 0 saturated carbocycles. The fourth-order valence-electron chi connectivity index (χ4n) is 2.68. The van der Waals surface area contributed by atoms with Gasteiger partial charge in [0.25, 0.3) is 11.8 Å². The quantitative estimate of drug-likeness (QED) is 0.540. The van der Waals surface area contributed by atoms with E-state index in [4.69, 9.17) is 0 Å². The molecule has 2 N–H and O–H groups in total. The number of anilines is 2. The summed E-state index contributed by atoms with van der Waals surface area (Å²) in [7, 11) is 0. The maximum atomic E-state index is 12.6. The first-order valence-electron chi connectivity index (χ1n) is 8.30. The fourth-order valence-corrected chi connectivity index (χ4v) is 3.30. The molecule has 0 saturated heterocycles. The molecule has 0 bridgehead atoms. The highest BCUT2D eigenvalue weighted by atomic mass is 32.1. The van der Waals surface area contributed by atoms with Crippen molar-refractivity contribution in [2.45, 2.75) is 0 Å². The molecule has 0 aliphatic rings. The highest BCUT2D eigenvalue weighted by Gasteiger charge is 2.10. The Balaban J connectivity index is 1.50. The molecule has 0 aliphatic carbocycles. The van der Waals surface area contributed by atoms with Crippen molar-refractivity contribution in [3.05, 3.63) is 88.7 Å². The van der Waals surface area contributed by atoms with E-state index in [0.29, 0.717) is 21.8 Å². The summed E-state index contributed by atoms with van der Waals surface area (Å²) >= 11 is 1.37. The fraction of sp³-hybridized carbons (Fsp3) is 0. The predicted octanol–water partition coefficient (Wildman–Crippen LogP) is 4.80. The number of hydrogen-bond donors (Lipinski definition) is 2. The van der Waals surface area contributed by atoms with Crippen molar-refractivity contribution in [1.82, 2.24) is 4.98 Å². The number of fused-ring (bicyclic) bond motifs is 1. The van der Waals surface area contributed by atoms with E-state index in [1.54, 1.807) is 36.5 Å². The zero-order valence-corrected chi connectivity index (χ0v) is 15.0. The molecule has 0 aliphatic heterocycles. The number of amides is 2. The van der Waals surface area contributed by atoms with Gasteiger partial charge in [-0.25, -0.2) is 0 Å². The summed E-state index contributed by atoms with van der Waals surface area (Å²) in [6.45, 7) is 0. The van der Waals surface area contributed by atoms with Gasteiger partial charge in [0.2, 0.25) is 0 Å².